The summed E-state index contributed by atoms with van der Waals surface area (Å²) >= 11 is 0. The lowest BCUT2D eigenvalue weighted by Crippen LogP contribution is -2.39. The van der Waals surface area contributed by atoms with Crippen LogP contribution in [0.1, 0.15) is 24.1 Å². The van der Waals surface area contributed by atoms with Gasteiger partial charge in [0.15, 0.2) is 0 Å². The Morgan fingerprint density at radius 2 is 1.83 bits per heavy atom. The van der Waals surface area contributed by atoms with Gasteiger partial charge in [-0.05, 0) is 56.5 Å². The lowest BCUT2D eigenvalue weighted by Gasteiger charge is -2.23. The zero-order valence-electron chi connectivity index (χ0n) is 17.1. The number of piperidine rings is 1. The zero-order chi connectivity index (χ0) is 21.6. The summed E-state index contributed by atoms with van der Waals surface area (Å²) in [6.07, 6.45) is 2.02. The first-order chi connectivity index (χ1) is 14.3. The van der Waals surface area contributed by atoms with E-state index in [-0.39, 0.29) is 23.9 Å². The van der Waals surface area contributed by atoms with Crippen LogP contribution in [0.4, 0.5) is 5.69 Å². The van der Waals surface area contributed by atoms with Gasteiger partial charge in [-0.1, -0.05) is 30.3 Å². The predicted octanol–water partition coefficient (Wildman–Crippen LogP) is 1.21. The average molecular weight is 433 g/mol. The number of anilines is 1. The van der Waals surface area contributed by atoms with Crippen LogP contribution >= 0.6 is 0 Å². The molecule has 0 aliphatic carbocycles. The molecule has 0 radical (unpaired) electrons. The topological polar surface area (TPSA) is 109 Å². The van der Waals surface area contributed by atoms with E-state index in [1.807, 2.05) is 0 Å². The number of rotatable bonds is 8. The Bertz CT molecular complexity index is 1030. The van der Waals surface area contributed by atoms with Crippen molar-refractivity contribution >= 4 is 21.6 Å². The van der Waals surface area contributed by atoms with Crippen LogP contribution in [0.25, 0.3) is 0 Å². The molecule has 0 atom stereocenters. The number of hydrogen-bond donors (Lipinski definition) is 3. The molecule has 162 valence electrons. The van der Waals surface area contributed by atoms with Gasteiger partial charge < -0.3 is 15.2 Å². The summed E-state index contributed by atoms with van der Waals surface area (Å²) in [5.74, 6) is -0.0649. The average Bonchev–Trinajstić information content (AvgIpc) is 2.73. The lowest BCUT2D eigenvalue weighted by atomic mass is 9.98. The molecule has 8 nitrogen and oxygen atoms in total. The molecule has 1 fully saturated rings. The number of hydrogen-bond acceptors (Lipinski definition) is 5. The largest absolute Gasteiger partial charge is 0.354 e. The van der Waals surface area contributed by atoms with Crippen molar-refractivity contribution in [2.24, 2.45) is 5.92 Å². The molecule has 1 amide bonds. The maximum absolute atomic E-state index is 12.8. The normalized spacial score (nSPS) is 15.0. The Labute approximate surface area is 176 Å². The number of sulfonamides is 1. The van der Waals surface area contributed by atoms with E-state index in [2.05, 4.69) is 15.4 Å². The molecular weight excluding hydrogens is 404 g/mol. The summed E-state index contributed by atoms with van der Waals surface area (Å²) < 4.78 is 28.6. The Hall–Kier alpha value is -2.65. The minimum absolute atomic E-state index is 0.0670. The molecule has 30 heavy (non-hydrogen) atoms. The van der Waals surface area contributed by atoms with Crippen molar-refractivity contribution in [2.75, 3.05) is 24.4 Å². The third-order valence-electron chi connectivity index (χ3n) is 5.21. The molecule has 0 bridgehead atoms. The van der Waals surface area contributed by atoms with Crippen LogP contribution in [0.3, 0.4) is 0 Å². The maximum atomic E-state index is 12.8. The molecule has 3 N–H and O–H groups in total. The quantitative estimate of drug-likeness (QED) is 0.581. The number of nitrogens with zero attached hydrogens (tertiary/aromatic N) is 1. The van der Waals surface area contributed by atoms with E-state index in [1.54, 1.807) is 43.3 Å². The van der Waals surface area contributed by atoms with Crippen LogP contribution in [-0.4, -0.2) is 38.5 Å². The molecular formula is C21H28N4O4S. The molecule has 9 heteroatoms. The van der Waals surface area contributed by atoms with E-state index in [0.717, 1.165) is 25.9 Å². The van der Waals surface area contributed by atoms with Gasteiger partial charge in [0.25, 0.3) is 5.56 Å². The number of carbonyl (C=O) groups is 1. The molecule has 0 unspecified atom stereocenters. The van der Waals surface area contributed by atoms with Crippen molar-refractivity contribution in [1.29, 1.82) is 0 Å². The number of benzene rings is 1. The van der Waals surface area contributed by atoms with Gasteiger partial charge in [0.1, 0.15) is 12.2 Å². The summed E-state index contributed by atoms with van der Waals surface area (Å²) in [6.45, 7) is 4.04. The van der Waals surface area contributed by atoms with Gasteiger partial charge in [0.05, 0.1) is 5.75 Å². The van der Waals surface area contributed by atoms with E-state index in [9.17, 15) is 18.0 Å². The van der Waals surface area contributed by atoms with Gasteiger partial charge in [-0.15, -0.1) is 0 Å². The molecule has 2 aromatic rings. The van der Waals surface area contributed by atoms with Crippen LogP contribution in [0.2, 0.25) is 0 Å². The SMILES string of the molecule is Cc1ccc(NS(=O)(=O)Cc2ccccc2)c(=O)n1CC(=O)NCC1CCNCC1. The molecule has 1 aromatic heterocycles. The number of aromatic nitrogens is 1. The van der Waals surface area contributed by atoms with Crippen LogP contribution in [-0.2, 0) is 27.1 Å². The molecule has 0 spiro atoms. The lowest BCUT2D eigenvalue weighted by molar-refractivity contribution is -0.122. The number of pyridine rings is 1. The number of nitrogens with one attached hydrogen (secondary N) is 3. The molecule has 2 heterocycles. The standard InChI is InChI=1S/C21H28N4O4S/c1-16-7-8-19(24-30(28,29)15-18-5-3-2-4-6-18)21(27)25(16)14-20(26)23-13-17-9-11-22-12-10-17/h2-8,17,22,24H,9-15H2,1H3,(H,23,26). The van der Waals surface area contributed by atoms with Crippen LogP contribution < -0.4 is 20.9 Å². The first-order valence-corrected chi connectivity index (χ1v) is 11.7. The van der Waals surface area contributed by atoms with Gasteiger partial charge in [-0.3, -0.25) is 14.3 Å². The first-order valence-electron chi connectivity index (χ1n) is 10.1. The summed E-state index contributed by atoms with van der Waals surface area (Å²) in [4.78, 5) is 25.2. The number of carbonyl (C=O) groups excluding carboxylic acids is 1. The van der Waals surface area contributed by atoms with Crippen molar-refractivity contribution in [2.45, 2.75) is 32.1 Å². The fourth-order valence-corrected chi connectivity index (χ4v) is 4.68. The maximum Gasteiger partial charge on any atom is 0.275 e. The van der Waals surface area contributed by atoms with Gasteiger partial charge in [0.2, 0.25) is 15.9 Å². The monoisotopic (exact) mass is 432 g/mol. The minimum atomic E-state index is -3.76. The van der Waals surface area contributed by atoms with E-state index >= 15 is 0 Å². The molecule has 1 aliphatic rings. The highest BCUT2D eigenvalue weighted by Gasteiger charge is 2.18. The molecule has 1 aromatic carbocycles. The van der Waals surface area contributed by atoms with Crippen molar-refractivity contribution < 1.29 is 13.2 Å². The van der Waals surface area contributed by atoms with E-state index < -0.39 is 15.6 Å². The van der Waals surface area contributed by atoms with Crippen molar-refractivity contribution in [3.8, 4) is 0 Å². The van der Waals surface area contributed by atoms with Gasteiger partial charge in [0, 0.05) is 12.2 Å². The number of aryl methyl sites for hydroxylation is 1. The fraction of sp³-hybridized carbons (Fsp3) is 0.429. The zero-order valence-corrected chi connectivity index (χ0v) is 17.9. The molecule has 3 rings (SSSR count). The smallest absolute Gasteiger partial charge is 0.275 e. The Morgan fingerprint density at radius 3 is 2.53 bits per heavy atom. The second-order valence-corrected chi connectivity index (χ2v) is 9.35. The van der Waals surface area contributed by atoms with Crippen molar-refractivity contribution in [3.05, 3.63) is 64.1 Å². The highest BCUT2D eigenvalue weighted by atomic mass is 32.2. The summed E-state index contributed by atoms with van der Waals surface area (Å²) in [6, 6.07) is 11.8. The fourth-order valence-electron chi connectivity index (χ4n) is 3.49. The molecule has 1 saturated heterocycles. The number of amides is 1. The van der Waals surface area contributed by atoms with Gasteiger partial charge in [-0.25, -0.2) is 8.42 Å². The molecule has 0 saturated carbocycles. The predicted molar refractivity (Wildman–Crippen MR) is 117 cm³/mol. The third-order valence-corrected chi connectivity index (χ3v) is 6.45. The van der Waals surface area contributed by atoms with Crippen molar-refractivity contribution in [3.63, 3.8) is 0 Å². The van der Waals surface area contributed by atoms with E-state index in [1.165, 1.54) is 10.6 Å². The molecule has 1 aliphatic heterocycles. The second-order valence-electron chi connectivity index (χ2n) is 7.62. The summed E-state index contributed by atoms with van der Waals surface area (Å²) in [5, 5.41) is 6.17. The summed E-state index contributed by atoms with van der Waals surface area (Å²) in [5.41, 5.74) is 0.601. The Morgan fingerprint density at radius 1 is 1.13 bits per heavy atom. The minimum Gasteiger partial charge on any atom is -0.354 e. The Kier molecular flexibility index (Phi) is 7.28. The van der Waals surface area contributed by atoms with E-state index in [4.69, 9.17) is 0 Å². The third kappa shape index (κ3) is 6.17. The van der Waals surface area contributed by atoms with E-state index in [0.29, 0.717) is 23.7 Å². The summed E-state index contributed by atoms with van der Waals surface area (Å²) in [7, 11) is -3.76. The highest BCUT2D eigenvalue weighted by molar-refractivity contribution is 7.91. The first kappa shape index (κ1) is 22.0. The highest BCUT2D eigenvalue weighted by Crippen LogP contribution is 2.11. The van der Waals surface area contributed by atoms with Crippen LogP contribution in [0.15, 0.2) is 47.3 Å². The van der Waals surface area contributed by atoms with Crippen molar-refractivity contribution in [1.82, 2.24) is 15.2 Å². The van der Waals surface area contributed by atoms with Gasteiger partial charge >= 0.3 is 0 Å². The second kappa shape index (κ2) is 9.90. The van der Waals surface area contributed by atoms with Crippen LogP contribution in [0.5, 0.6) is 0 Å². The van der Waals surface area contributed by atoms with Gasteiger partial charge in [-0.2, -0.15) is 0 Å². The Balaban J connectivity index is 1.67. The van der Waals surface area contributed by atoms with Crippen LogP contribution in [0, 0.1) is 12.8 Å².